The van der Waals surface area contributed by atoms with Crippen LogP contribution in [-0.4, -0.2) is 48.5 Å². The third kappa shape index (κ3) is 2.15. The van der Waals surface area contributed by atoms with Gasteiger partial charge in [-0.3, -0.25) is 4.90 Å². The van der Waals surface area contributed by atoms with Crippen molar-refractivity contribution < 1.29 is 9.84 Å². The van der Waals surface area contributed by atoms with E-state index in [9.17, 15) is 0 Å². The SMILES string of the molecule is CCN1CC(CO)OCC1C. The lowest BCUT2D eigenvalue weighted by Gasteiger charge is -2.36. The number of hydrogen-bond donors (Lipinski definition) is 1. The molecule has 2 atom stereocenters. The first-order valence-electron chi connectivity index (χ1n) is 4.24. The number of ether oxygens (including phenoxy) is 1. The Hall–Kier alpha value is -0.120. The predicted octanol–water partition coefficient (Wildman–Crippen LogP) is 0.0879. The van der Waals surface area contributed by atoms with Crippen molar-refractivity contribution in [1.29, 1.82) is 0 Å². The van der Waals surface area contributed by atoms with Crippen LogP contribution in [0.3, 0.4) is 0 Å². The third-order valence-corrected chi connectivity index (χ3v) is 2.24. The summed E-state index contributed by atoms with van der Waals surface area (Å²) in [5.74, 6) is 0. The van der Waals surface area contributed by atoms with Gasteiger partial charge in [-0.25, -0.2) is 0 Å². The molecular formula is C8H17NO2. The molecule has 3 nitrogen and oxygen atoms in total. The van der Waals surface area contributed by atoms with Crippen LogP contribution in [0.5, 0.6) is 0 Å². The zero-order valence-electron chi connectivity index (χ0n) is 7.29. The van der Waals surface area contributed by atoms with Crippen LogP contribution < -0.4 is 0 Å². The van der Waals surface area contributed by atoms with Crippen molar-refractivity contribution in [3.8, 4) is 0 Å². The highest BCUT2D eigenvalue weighted by Gasteiger charge is 2.23. The molecule has 1 aliphatic rings. The van der Waals surface area contributed by atoms with Gasteiger partial charge in [-0.2, -0.15) is 0 Å². The molecule has 0 aromatic heterocycles. The number of aliphatic hydroxyl groups excluding tert-OH is 1. The molecular weight excluding hydrogens is 142 g/mol. The lowest BCUT2D eigenvalue weighted by Crippen LogP contribution is -2.49. The maximum atomic E-state index is 8.84. The molecule has 1 rings (SSSR count). The van der Waals surface area contributed by atoms with Crippen molar-refractivity contribution in [3.05, 3.63) is 0 Å². The second-order valence-electron chi connectivity index (χ2n) is 3.07. The van der Waals surface area contributed by atoms with Gasteiger partial charge in [-0.1, -0.05) is 6.92 Å². The summed E-state index contributed by atoms with van der Waals surface area (Å²) in [5, 5.41) is 8.84. The lowest BCUT2D eigenvalue weighted by molar-refractivity contribution is -0.0760. The second kappa shape index (κ2) is 4.04. The van der Waals surface area contributed by atoms with Crippen molar-refractivity contribution in [1.82, 2.24) is 4.90 Å². The largest absolute Gasteiger partial charge is 0.394 e. The highest BCUT2D eigenvalue weighted by molar-refractivity contribution is 4.75. The average Bonchev–Trinajstić information content (AvgIpc) is 2.05. The quantitative estimate of drug-likeness (QED) is 0.619. The standard InChI is InChI=1S/C8H17NO2/c1-3-9-4-8(5-10)11-6-7(9)2/h7-8,10H,3-6H2,1-2H3. The predicted molar refractivity (Wildman–Crippen MR) is 43.5 cm³/mol. The van der Waals surface area contributed by atoms with E-state index in [-0.39, 0.29) is 12.7 Å². The molecule has 66 valence electrons. The van der Waals surface area contributed by atoms with E-state index in [4.69, 9.17) is 9.84 Å². The summed E-state index contributed by atoms with van der Waals surface area (Å²) in [6, 6.07) is 0.503. The number of aliphatic hydroxyl groups is 1. The van der Waals surface area contributed by atoms with Gasteiger partial charge in [0, 0.05) is 12.6 Å². The average molecular weight is 159 g/mol. The second-order valence-corrected chi connectivity index (χ2v) is 3.07. The monoisotopic (exact) mass is 159 g/mol. The van der Waals surface area contributed by atoms with E-state index in [1.807, 2.05) is 0 Å². The summed E-state index contributed by atoms with van der Waals surface area (Å²) in [4.78, 5) is 2.32. The van der Waals surface area contributed by atoms with Crippen molar-refractivity contribution in [3.63, 3.8) is 0 Å². The number of hydrogen-bond acceptors (Lipinski definition) is 3. The summed E-state index contributed by atoms with van der Waals surface area (Å²) in [7, 11) is 0. The highest BCUT2D eigenvalue weighted by Crippen LogP contribution is 2.09. The van der Waals surface area contributed by atoms with Gasteiger partial charge >= 0.3 is 0 Å². The molecule has 0 saturated carbocycles. The van der Waals surface area contributed by atoms with Gasteiger partial charge in [-0.15, -0.1) is 0 Å². The molecule has 0 aromatic rings. The lowest BCUT2D eigenvalue weighted by atomic mass is 10.2. The molecule has 3 heteroatoms. The molecule has 0 radical (unpaired) electrons. The Morgan fingerprint density at radius 2 is 2.36 bits per heavy atom. The number of nitrogens with zero attached hydrogens (tertiary/aromatic N) is 1. The van der Waals surface area contributed by atoms with Crippen molar-refractivity contribution in [2.75, 3.05) is 26.3 Å². The molecule has 1 heterocycles. The smallest absolute Gasteiger partial charge is 0.0933 e. The first-order valence-corrected chi connectivity index (χ1v) is 4.24. The van der Waals surface area contributed by atoms with Crippen LogP contribution in [0.4, 0.5) is 0 Å². The van der Waals surface area contributed by atoms with Crippen molar-refractivity contribution in [2.24, 2.45) is 0 Å². The van der Waals surface area contributed by atoms with E-state index in [2.05, 4.69) is 18.7 Å². The van der Waals surface area contributed by atoms with Gasteiger partial charge in [0.05, 0.1) is 19.3 Å². The Labute approximate surface area is 68.0 Å². The van der Waals surface area contributed by atoms with E-state index < -0.39 is 0 Å². The maximum Gasteiger partial charge on any atom is 0.0933 e. The van der Waals surface area contributed by atoms with Gasteiger partial charge in [0.25, 0.3) is 0 Å². The summed E-state index contributed by atoms with van der Waals surface area (Å²) in [5.41, 5.74) is 0. The van der Waals surface area contributed by atoms with Crippen molar-refractivity contribution in [2.45, 2.75) is 26.0 Å². The van der Waals surface area contributed by atoms with Crippen LogP contribution in [-0.2, 0) is 4.74 Å². The molecule has 0 bridgehead atoms. The van der Waals surface area contributed by atoms with E-state index in [0.717, 1.165) is 19.7 Å². The molecule has 1 aliphatic heterocycles. The normalized spacial score (nSPS) is 34.1. The van der Waals surface area contributed by atoms with E-state index in [1.54, 1.807) is 0 Å². The van der Waals surface area contributed by atoms with Crippen molar-refractivity contribution >= 4 is 0 Å². The first-order chi connectivity index (χ1) is 5.27. The number of rotatable bonds is 2. The van der Waals surface area contributed by atoms with E-state index in [0.29, 0.717) is 6.04 Å². The minimum absolute atomic E-state index is 0.0335. The molecule has 11 heavy (non-hydrogen) atoms. The Balaban J connectivity index is 2.37. The Kier molecular flexibility index (Phi) is 3.30. The minimum atomic E-state index is 0.0335. The summed E-state index contributed by atoms with van der Waals surface area (Å²) < 4.78 is 5.38. The topological polar surface area (TPSA) is 32.7 Å². The maximum absolute atomic E-state index is 8.84. The molecule has 2 unspecified atom stereocenters. The van der Waals surface area contributed by atoms with Crippen LogP contribution in [0.1, 0.15) is 13.8 Å². The zero-order valence-corrected chi connectivity index (χ0v) is 7.29. The third-order valence-electron chi connectivity index (χ3n) is 2.24. The number of likely N-dealkylation sites (N-methyl/N-ethyl adjacent to an activating group) is 1. The molecule has 0 aliphatic carbocycles. The van der Waals surface area contributed by atoms with Crippen LogP contribution in [0.15, 0.2) is 0 Å². The zero-order chi connectivity index (χ0) is 8.27. The molecule has 0 spiro atoms. The fourth-order valence-corrected chi connectivity index (χ4v) is 1.43. The Bertz CT molecular complexity index is 119. The molecule has 0 aromatic carbocycles. The Morgan fingerprint density at radius 1 is 1.64 bits per heavy atom. The fourth-order valence-electron chi connectivity index (χ4n) is 1.43. The molecule has 1 fully saturated rings. The minimum Gasteiger partial charge on any atom is -0.394 e. The Morgan fingerprint density at radius 3 is 2.91 bits per heavy atom. The van der Waals surface area contributed by atoms with E-state index in [1.165, 1.54) is 0 Å². The highest BCUT2D eigenvalue weighted by atomic mass is 16.5. The summed E-state index contributed by atoms with van der Waals surface area (Å²) in [6.07, 6.45) is 0.0335. The van der Waals surface area contributed by atoms with Gasteiger partial charge in [0.2, 0.25) is 0 Å². The van der Waals surface area contributed by atoms with Crippen LogP contribution in [0, 0.1) is 0 Å². The van der Waals surface area contributed by atoms with Gasteiger partial charge in [0.1, 0.15) is 0 Å². The van der Waals surface area contributed by atoms with Crippen LogP contribution in [0.25, 0.3) is 0 Å². The van der Waals surface area contributed by atoms with E-state index >= 15 is 0 Å². The first kappa shape index (κ1) is 8.97. The van der Waals surface area contributed by atoms with Gasteiger partial charge < -0.3 is 9.84 Å². The summed E-state index contributed by atoms with van der Waals surface area (Å²) in [6.45, 7) is 7.09. The van der Waals surface area contributed by atoms with Crippen LogP contribution in [0.2, 0.25) is 0 Å². The molecule has 0 amide bonds. The fraction of sp³-hybridized carbons (Fsp3) is 1.00. The molecule has 1 N–H and O–H groups in total. The number of morpholine rings is 1. The van der Waals surface area contributed by atoms with Gasteiger partial charge in [-0.05, 0) is 13.5 Å². The molecule has 1 saturated heterocycles. The van der Waals surface area contributed by atoms with Gasteiger partial charge in [0.15, 0.2) is 0 Å². The van der Waals surface area contributed by atoms with Crippen LogP contribution >= 0.6 is 0 Å². The summed E-state index contributed by atoms with van der Waals surface area (Å²) >= 11 is 0.